The minimum atomic E-state index is 0.484. The van der Waals surface area contributed by atoms with Crippen LogP contribution in [0, 0.1) is 11.8 Å². The fourth-order valence-corrected chi connectivity index (χ4v) is 2.19. The summed E-state index contributed by atoms with van der Waals surface area (Å²) < 4.78 is 0. The van der Waals surface area contributed by atoms with Crippen LogP contribution in [-0.4, -0.2) is 6.04 Å². The normalized spacial score (nSPS) is 33.8. The van der Waals surface area contributed by atoms with Gasteiger partial charge in [0.05, 0.1) is 0 Å². The van der Waals surface area contributed by atoms with E-state index in [-0.39, 0.29) is 0 Å². The molecule has 0 aromatic carbocycles. The van der Waals surface area contributed by atoms with Crippen molar-refractivity contribution in [3.05, 3.63) is 0 Å². The van der Waals surface area contributed by atoms with E-state index in [0.29, 0.717) is 6.04 Å². The van der Waals surface area contributed by atoms with E-state index in [1.807, 2.05) is 0 Å². The molecule has 66 valence electrons. The van der Waals surface area contributed by atoms with Gasteiger partial charge in [-0.05, 0) is 24.7 Å². The van der Waals surface area contributed by atoms with E-state index in [2.05, 4.69) is 13.8 Å². The molecule has 2 atom stereocenters. The highest BCUT2D eigenvalue weighted by Crippen LogP contribution is 2.27. The Bertz CT molecular complexity index is 109. The van der Waals surface area contributed by atoms with Gasteiger partial charge in [0.1, 0.15) is 0 Å². The maximum atomic E-state index is 6.08. The molecule has 0 spiro atoms. The first-order valence-electron chi connectivity index (χ1n) is 4.97. The summed E-state index contributed by atoms with van der Waals surface area (Å²) in [5.74, 6) is 1.57. The third-order valence-corrected chi connectivity index (χ3v) is 2.98. The smallest absolute Gasteiger partial charge is 0.00696 e. The van der Waals surface area contributed by atoms with Gasteiger partial charge in [-0.1, -0.05) is 33.1 Å². The zero-order valence-electron chi connectivity index (χ0n) is 7.84. The van der Waals surface area contributed by atoms with Crippen LogP contribution in [0.15, 0.2) is 0 Å². The molecule has 1 nitrogen and oxygen atoms in total. The maximum Gasteiger partial charge on any atom is 0.00696 e. The van der Waals surface area contributed by atoms with Crippen LogP contribution in [0.5, 0.6) is 0 Å². The van der Waals surface area contributed by atoms with Crippen LogP contribution in [0.2, 0.25) is 0 Å². The molecule has 1 aliphatic rings. The first-order valence-corrected chi connectivity index (χ1v) is 4.97. The maximum absolute atomic E-state index is 6.08. The van der Waals surface area contributed by atoms with Crippen LogP contribution < -0.4 is 5.73 Å². The van der Waals surface area contributed by atoms with E-state index in [1.165, 1.54) is 32.1 Å². The van der Waals surface area contributed by atoms with Gasteiger partial charge in [-0.15, -0.1) is 0 Å². The lowest BCUT2D eigenvalue weighted by Crippen LogP contribution is -2.32. The third kappa shape index (κ3) is 2.48. The number of nitrogens with two attached hydrogens (primary N) is 1. The molecule has 1 saturated carbocycles. The molecule has 1 fully saturated rings. The van der Waals surface area contributed by atoms with E-state index >= 15 is 0 Å². The van der Waals surface area contributed by atoms with E-state index < -0.39 is 0 Å². The van der Waals surface area contributed by atoms with Crippen molar-refractivity contribution in [3.8, 4) is 0 Å². The predicted molar refractivity (Wildman–Crippen MR) is 49.4 cm³/mol. The van der Waals surface area contributed by atoms with Crippen molar-refractivity contribution in [1.29, 1.82) is 0 Å². The Kier molecular flexibility index (Phi) is 3.38. The second kappa shape index (κ2) is 4.10. The topological polar surface area (TPSA) is 26.0 Å². The van der Waals surface area contributed by atoms with Gasteiger partial charge < -0.3 is 5.73 Å². The van der Waals surface area contributed by atoms with Crippen molar-refractivity contribution in [2.75, 3.05) is 0 Å². The van der Waals surface area contributed by atoms with Crippen LogP contribution >= 0.6 is 0 Å². The highest BCUT2D eigenvalue weighted by molar-refractivity contribution is 4.78. The van der Waals surface area contributed by atoms with Gasteiger partial charge in [-0.2, -0.15) is 0 Å². The highest BCUT2D eigenvalue weighted by atomic mass is 14.7. The Morgan fingerprint density at radius 3 is 2.36 bits per heavy atom. The largest absolute Gasteiger partial charge is 0.327 e. The average Bonchev–Trinajstić information content (AvgIpc) is 2.13. The zero-order chi connectivity index (χ0) is 8.27. The predicted octanol–water partition coefficient (Wildman–Crippen LogP) is 2.55. The van der Waals surface area contributed by atoms with Crippen molar-refractivity contribution < 1.29 is 0 Å². The Morgan fingerprint density at radius 1 is 1.09 bits per heavy atom. The summed E-state index contributed by atoms with van der Waals surface area (Å²) in [6.07, 6.45) is 6.76. The molecule has 0 amide bonds. The molecule has 0 aromatic heterocycles. The SMILES string of the molecule is CC(C)[C@H]1CCCCC[C@H]1N. The zero-order valence-corrected chi connectivity index (χ0v) is 7.84. The summed E-state index contributed by atoms with van der Waals surface area (Å²) in [7, 11) is 0. The molecule has 0 unspecified atom stereocenters. The molecule has 11 heavy (non-hydrogen) atoms. The van der Waals surface area contributed by atoms with E-state index in [9.17, 15) is 0 Å². The first kappa shape index (κ1) is 9.05. The number of rotatable bonds is 1. The molecule has 0 saturated heterocycles. The molecule has 1 aliphatic carbocycles. The average molecular weight is 155 g/mol. The highest BCUT2D eigenvalue weighted by Gasteiger charge is 2.22. The van der Waals surface area contributed by atoms with E-state index in [1.54, 1.807) is 0 Å². The van der Waals surface area contributed by atoms with Crippen LogP contribution in [0.1, 0.15) is 46.0 Å². The van der Waals surface area contributed by atoms with Gasteiger partial charge in [0.25, 0.3) is 0 Å². The molecular formula is C10H21N. The van der Waals surface area contributed by atoms with E-state index in [0.717, 1.165) is 11.8 Å². The summed E-state index contributed by atoms with van der Waals surface area (Å²) in [5.41, 5.74) is 6.08. The minimum Gasteiger partial charge on any atom is -0.327 e. The van der Waals surface area contributed by atoms with Crippen LogP contribution in [0.4, 0.5) is 0 Å². The van der Waals surface area contributed by atoms with Crippen molar-refractivity contribution in [2.45, 2.75) is 52.0 Å². The summed E-state index contributed by atoms with van der Waals surface area (Å²) >= 11 is 0. The van der Waals surface area contributed by atoms with Crippen molar-refractivity contribution in [3.63, 3.8) is 0 Å². The van der Waals surface area contributed by atoms with Crippen molar-refractivity contribution in [1.82, 2.24) is 0 Å². The summed E-state index contributed by atoms with van der Waals surface area (Å²) in [4.78, 5) is 0. The van der Waals surface area contributed by atoms with Crippen LogP contribution in [-0.2, 0) is 0 Å². The molecule has 0 bridgehead atoms. The number of hydrogen-bond donors (Lipinski definition) is 1. The Morgan fingerprint density at radius 2 is 1.73 bits per heavy atom. The molecule has 1 rings (SSSR count). The minimum absolute atomic E-state index is 0.484. The Labute approximate surface area is 70.4 Å². The number of hydrogen-bond acceptors (Lipinski definition) is 1. The second-order valence-electron chi connectivity index (χ2n) is 4.21. The summed E-state index contributed by atoms with van der Waals surface area (Å²) in [6, 6.07) is 0.484. The fourth-order valence-electron chi connectivity index (χ4n) is 2.19. The van der Waals surface area contributed by atoms with Crippen molar-refractivity contribution >= 4 is 0 Å². The molecule has 0 radical (unpaired) electrons. The lowest BCUT2D eigenvalue weighted by atomic mass is 9.85. The summed E-state index contributed by atoms with van der Waals surface area (Å²) in [6.45, 7) is 4.60. The summed E-state index contributed by atoms with van der Waals surface area (Å²) in [5, 5.41) is 0. The molecule has 0 aliphatic heterocycles. The van der Waals surface area contributed by atoms with Gasteiger partial charge in [-0.3, -0.25) is 0 Å². The van der Waals surface area contributed by atoms with Gasteiger partial charge in [0.2, 0.25) is 0 Å². The van der Waals surface area contributed by atoms with Gasteiger partial charge >= 0.3 is 0 Å². The van der Waals surface area contributed by atoms with Crippen molar-refractivity contribution in [2.24, 2.45) is 17.6 Å². The molecule has 0 aromatic rings. The van der Waals surface area contributed by atoms with Gasteiger partial charge in [-0.25, -0.2) is 0 Å². The quantitative estimate of drug-likeness (QED) is 0.579. The van der Waals surface area contributed by atoms with Gasteiger partial charge in [0, 0.05) is 6.04 Å². The van der Waals surface area contributed by atoms with Gasteiger partial charge in [0.15, 0.2) is 0 Å². The molecule has 0 heterocycles. The second-order valence-corrected chi connectivity index (χ2v) is 4.21. The standard InChI is InChI=1S/C10H21N/c1-8(2)9-6-4-3-5-7-10(9)11/h8-10H,3-7,11H2,1-2H3/t9-,10-/m1/s1. The fraction of sp³-hybridized carbons (Fsp3) is 1.00. The third-order valence-electron chi connectivity index (χ3n) is 2.98. The Balaban J connectivity index is 2.45. The lowest BCUT2D eigenvalue weighted by molar-refractivity contribution is 0.301. The first-order chi connectivity index (χ1) is 5.22. The molecular weight excluding hydrogens is 134 g/mol. The van der Waals surface area contributed by atoms with Crippen LogP contribution in [0.25, 0.3) is 0 Å². The van der Waals surface area contributed by atoms with Crippen LogP contribution in [0.3, 0.4) is 0 Å². The Hall–Kier alpha value is -0.0400. The lowest BCUT2D eigenvalue weighted by Gasteiger charge is -2.24. The monoisotopic (exact) mass is 155 g/mol. The molecule has 1 heteroatoms. The van der Waals surface area contributed by atoms with E-state index in [4.69, 9.17) is 5.73 Å². The molecule has 2 N–H and O–H groups in total.